The molecule has 0 saturated carbocycles. The van der Waals surface area contributed by atoms with Gasteiger partial charge in [0, 0.05) is 28.4 Å². The lowest BCUT2D eigenvalue weighted by Gasteiger charge is -2.16. The molecule has 6 heteroatoms. The van der Waals surface area contributed by atoms with Crippen LogP contribution < -0.4 is 10.1 Å². The van der Waals surface area contributed by atoms with Crippen LogP contribution in [0.15, 0.2) is 78.9 Å². The van der Waals surface area contributed by atoms with Gasteiger partial charge < -0.3 is 15.2 Å². The summed E-state index contributed by atoms with van der Waals surface area (Å²) in [5.41, 5.74) is 2.59. The number of carboxylic acid groups (broad SMARTS) is 1. The first-order valence-electron chi connectivity index (χ1n) is 9.66. The van der Waals surface area contributed by atoms with Gasteiger partial charge in [-0.05, 0) is 41.1 Å². The molecule has 0 saturated heterocycles. The van der Waals surface area contributed by atoms with Crippen molar-refractivity contribution in [1.29, 1.82) is 0 Å². The van der Waals surface area contributed by atoms with Gasteiger partial charge in [-0.25, -0.2) is 4.79 Å². The lowest BCUT2D eigenvalue weighted by atomic mass is 10.0. The molecule has 156 valence electrons. The van der Waals surface area contributed by atoms with Crippen LogP contribution in [0, 0.1) is 0 Å². The molecule has 0 aliphatic rings. The maximum absolute atomic E-state index is 11.4. The van der Waals surface area contributed by atoms with E-state index < -0.39 is 5.97 Å². The molecule has 0 aliphatic heterocycles. The number of aromatic carboxylic acids is 1. The summed E-state index contributed by atoms with van der Waals surface area (Å²) in [5, 5.41) is 15.6. The standard InChI is InChI=1S/C25H19Cl2NO3/c26-22-8-4-2-6-17(22)15-31-24-12-9-16-5-1-3-7-19(16)21(24)14-28-18-10-11-23(27)20(13-18)25(29)30/h1-13,28H,14-15H2,(H,29,30). The van der Waals surface area contributed by atoms with Crippen LogP contribution in [0.1, 0.15) is 21.5 Å². The Balaban J connectivity index is 1.63. The first-order chi connectivity index (χ1) is 15.0. The Morgan fingerprint density at radius 1 is 0.903 bits per heavy atom. The summed E-state index contributed by atoms with van der Waals surface area (Å²) in [6.07, 6.45) is 0. The molecule has 4 aromatic carbocycles. The van der Waals surface area contributed by atoms with Gasteiger partial charge in [0.25, 0.3) is 0 Å². The maximum atomic E-state index is 11.4. The molecule has 4 nitrogen and oxygen atoms in total. The lowest BCUT2D eigenvalue weighted by Crippen LogP contribution is -2.06. The zero-order valence-corrected chi connectivity index (χ0v) is 18.0. The minimum absolute atomic E-state index is 0.0554. The zero-order valence-electron chi connectivity index (χ0n) is 16.4. The first-order valence-corrected chi connectivity index (χ1v) is 10.4. The highest BCUT2D eigenvalue weighted by Crippen LogP contribution is 2.31. The number of carbonyl (C=O) groups is 1. The van der Waals surface area contributed by atoms with E-state index in [0.717, 1.165) is 27.6 Å². The Kier molecular flexibility index (Phi) is 6.31. The monoisotopic (exact) mass is 451 g/mol. The molecule has 0 fully saturated rings. The van der Waals surface area contributed by atoms with E-state index in [4.69, 9.17) is 27.9 Å². The van der Waals surface area contributed by atoms with Crippen LogP contribution in [0.5, 0.6) is 5.75 Å². The van der Waals surface area contributed by atoms with Gasteiger partial charge in [-0.3, -0.25) is 0 Å². The van der Waals surface area contributed by atoms with Crippen molar-refractivity contribution in [2.45, 2.75) is 13.2 Å². The molecule has 2 N–H and O–H groups in total. The van der Waals surface area contributed by atoms with Gasteiger partial charge in [-0.2, -0.15) is 0 Å². The minimum atomic E-state index is -1.07. The summed E-state index contributed by atoms with van der Waals surface area (Å²) < 4.78 is 6.14. The largest absolute Gasteiger partial charge is 0.488 e. The molecular formula is C25H19Cl2NO3. The van der Waals surface area contributed by atoms with Gasteiger partial charge in [0.15, 0.2) is 0 Å². The summed E-state index contributed by atoms with van der Waals surface area (Å²) in [7, 11) is 0. The number of rotatable bonds is 7. The predicted molar refractivity (Wildman–Crippen MR) is 125 cm³/mol. The van der Waals surface area contributed by atoms with E-state index in [1.807, 2.05) is 60.7 Å². The molecule has 0 radical (unpaired) electrons. The lowest BCUT2D eigenvalue weighted by molar-refractivity contribution is 0.0697. The summed E-state index contributed by atoms with van der Waals surface area (Å²) in [4.78, 5) is 11.4. The molecule has 0 atom stereocenters. The van der Waals surface area contributed by atoms with Crippen LogP contribution in [0.4, 0.5) is 5.69 Å². The van der Waals surface area contributed by atoms with Crippen molar-refractivity contribution in [1.82, 2.24) is 0 Å². The Hall–Kier alpha value is -3.21. The molecule has 4 aromatic rings. The number of fused-ring (bicyclic) bond motifs is 1. The van der Waals surface area contributed by atoms with E-state index >= 15 is 0 Å². The quantitative estimate of drug-likeness (QED) is 0.316. The average Bonchev–Trinajstić information content (AvgIpc) is 2.78. The fourth-order valence-corrected chi connectivity index (χ4v) is 3.78. The number of halogens is 2. The van der Waals surface area contributed by atoms with E-state index in [-0.39, 0.29) is 10.6 Å². The summed E-state index contributed by atoms with van der Waals surface area (Å²) in [6.45, 7) is 0.787. The second-order valence-electron chi connectivity index (χ2n) is 7.00. The SMILES string of the molecule is O=C(O)c1cc(NCc2c(OCc3ccccc3Cl)ccc3ccccc23)ccc1Cl. The number of nitrogens with one attached hydrogen (secondary N) is 1. The molecule has 0 heterocycles. The molecule has 31 heavy (non-hydrogen) atoms. The van der Waals surface area contributed by atoms with Crippen molar-refractivity contribution in [3.8, 4) is 5.75 Å². The Morgan fingerprint density at radius 2 is 1.68 bits per heavy atom. The highest BCUT2D eigenvalue weighted by molar-refractivity contribution is 6.33. The van der Waals surface area contributed by atoms with E-state index in [1.54, 1.807) is 12.1 Å². The Bertz CT molecular complexity index is 1260. The van der Waals surface area contributed by atoms with Crippen molar-refractivity contribution in [2.24, 2.45) is 0 Å². The Labute approximate surface area is 190 Å². The number of carboxylic acids is 1. The predicted octanol–water partition coefficient (Wildman–Crippen LogP) is 7.04. The minimum Gasteiger partial charge on any atom is -0.488 e. The van der Waals surface area contributed by atoms with Crippen LogP contribution in [0.3, 0.4) is 0 Å². The van der Waals surface area contributed by atoms with Gasteiger partial charge >= 0.3 is 5.97 Å². The average molecular weight is 452 g/mol. The number of hydrogen-bond donors (Lipinski definition) is 2. The highest BCUT2D eigenvalue weighted by Gasteiger charge is 2.12. The van der Waals surface area contributed by atoms with E-state index in [0.29, 0.717) is 23.9 Å². The van der Waals surface area contributed by atoms with Crippen LogP contribution >= 0.6 is 23.2 Å². The van der Waals surface area contributed by atoms with Crippen molar-refractivity contribution in [3.63, 3.8) is 0 Å². The van der Waals surface area contributed by atoms with Gasteiger partial charge in [-0.15, -0.1) is 0 Å². The molecule has 4 rings (SSSR count). The number of anilines is 1. The van der Waals surface area contributed by atoms with E-state index in [9.17, 15) is 9.90 Å². The van der Waals surface area contributed by atoms with Crippen LogP contribution in [0.25, 0.3) is 10.8 Å². The third-order valence-corrected chi connectivity index (χ3v) is 5.70. The third kappa shape index (κ3) is 4.76. The second kappa shape index (κ2) is 9.29. The van der Waals surface area contributed by atoms with Gasteiger partial charge in [-0.1, -0.05) is 71.7 Å². The first kappa shape index (κ1) is 21.0. The molecular weight excluding hydrogens is 433 g/mol. The van der Waals surface area contributed by atoms with Crippen LogP contribution in [0.2, 0.25) is 10.0 Å². The molecule has 0 aromatic heterocycles. The van der Waals surface area contributed by atoms with E-state index in [2.05, 4.69) is 5.32 Å². The maximum Gasteiger partial charge on any atom is 0.337 e. The summed E-state index contributed by atoms with van der Waals surface area (Å²) in [6, 6.07) is 24.5. The van der Waals surface area contributed by atoms with Crippen molar-refractivity contribution < 1.29 is 14.6 Å². The van der Waals surface area contributed by atoms with Gasteiger partial charge in [0.05, 0.1) is 10.6 Å². The van der Waals surface area contributed by atoms with Gasteiger partial charge in [0.2, 0.25) is 0 Å². The smallest absolute Gasteiger partial charge is 0.337 e. The normalized spacial score (nSPS) is 10.8. The number of hydrogen-bond acceptors (Lipinski definition) is 3. The van der Waals surface area contributed by atoms with Crippen LogP contribution in [-0.2, 0) is 13.2 Å². The topological polar surface area (TPSA) is 58.6 Å². The molecule has 0 bridgehead atoms. The molecule has 0 spiro atoms. The number of ether oxygens (including phenoxy) is 1. The molecule has 0 unspecified atom stereocenters. The fraction of sp³-hybridized carbons (Fsp3) is 0.0800. The van der Waals surface area contributed by atoms with Crippen LogP contribution in [-0.4, -0.2) is 11.1 Å². The Morgan fingerprint density at radius 3 is 2.48 bits per heavy atom. The molecule has 0 amide bonds. The van der Waals surface area contributed by atoms with E-state index in [1.165, 1.54) is 6.07 Å². The van der Waals surface area contributed by atoms with Crippen molar-refractivity contribution >= 4 is 45.6 Å². The third-order valence-electron chi connectivity index (χ3n) is 5.00. The van der Waals surface area contributed by atoms with Gasteiger partial charge in [0.1, 0.15) is 12.4 Å². The zero-order chi connectivity index (χ0) is 21.8. The summed E-state index contributed by atoms with van der Waals surface area (Å²) >= 11 is 12.3. The highest BCUT2D eigenvalue weighted by atomic mass is 35.5. The van der Waals surface area contributed by atoms with Crippen molar-refractivity contribution in [3.05, 3.63) is 106 Å². The summed E-state index contributed by atoms with van der Waals surface area (Å²) in [5.74, 6) is -0.332. The fourth-order valence-electron chi connectivity index (χ4n) is 3.39. The molecule has 0 aliphatic carbocycles. The second-order valence-corrected chi connectivity index (χ2v) is 7.81. The van der Waals surface area contributed by atoms with Crippen molar-refractivity contribution in [2.75, 3.05) is 5.32 Å². The number of benzene rings is 4.